The topological polar surface area (TPSA) is 20.3 Å². The van der Waals surface area contributed by atoms with Crippen molar-refractivity contribution >= 4 is 29.1 Å². The summed E-state index contributed by atoms with van der Waals surface area (Å²) in [5, 5.41) is 1.18. The molecule has 0 bridgehead atoms. The quantitative estimate of drug-likeness (QED) is 0.755. The number of benzene rings is 2. The molecule has 0 atom stereocenters. The van der Waals surface area contributed by atoms with Crippen LogP contribution in [0.4, 0.5) is 0 Å². The molecule has 2 aromatic carbocycles. The molecule has 110 valence electrons. The van der Waals surface area contributed by atoms with Gasteiger partial charge in [-0.15, -0.1) is 0 Å². The summed E-state index contributed by atoms with van der Waals surface area (Å²) in [5.41, 5.74) is 1.59. The Morgan fingerprint density at radius 2 is 1.71 bits per heavy atom. The first kappa shape index (κ1) is 15.9. The van der Waals surface area contributed by atoms with Gasteiger partial charge in [0.1, 0.15) is 0 Å². The van der Waals surface area contributed by atoms with Gasteiger partial charge in [0.25, 0.3) is 5.91 Å². The first-order valence-electron chi connectivity index (χ1n) is 6.90. The van der Waals surface area contributed by atoms with E-state index >= 15 is 0 Å². The van der Waals surface area contributed by atoms with E-state index in [-0.39, 0.29) is 5.91 Å². The SMILES string of the molecule is CCCN(Cc1ccc(Cl)cc1)C(=O)c1ccccc1Cl. The van der Waals surface area contributed by atoms with E-state index in [9.17, 15) is 4.79 Å². The zero-order chi connectivity index (χ0) is 15.2. The average molecular weight is 322 g/mol. The fourth-order valence-electron chi connectivity index (χ4n) is 2.14. The predicted molar refractivity (Wildman–Crippen MR) is 87.9 cm³/mol. The van der Waals surface area contributed by atoms with Crippen molar-refractivity contribution in [2.24, 2.45) is 0 Å². The zero-order valence-electron chi connectivity index (χ0n) is 11.9. The molecule has 0 aliphatic carbocycles. The standard InChI is InChI=1S/C17H17Cl2NO/c1-2-11-20(12-13-7-9-14(18)10-8-13)17(21)15-5-3-4-6-16(15)19/h3-10H,2,11-12H2,1H3. The second-order valence-electron chi connectivity index (χ2n) is 4.83. The van der Waals surface area contributed by atoms with Gasteiger partial charge in [-0.05, 0) is 36.2 Å². The van der Waals surface area contributed by atoms with Crippen LogP contribution in [0, 0.1) is 0 Å². The minimum Gasteiger partial charge on any atom is -0.334 e. The number of carbonyl (C=O) groups is 1. The lowest BCUT2D eigenvalue weighted by Crippen LogP contribution is -2.31. The first-order chi connectivity index (χ1) is 10.1. The maximum absolute atomic E-state index is 12.6. The minimum absolute atomic E-state index is 0.0441. The van der Waals surface area contributed by atoms with E-state index in [0.29, 0.717) is 28.7 Å². The largest absolute Gasteiger partial charge is 0.334 e. The lowest BCUT2D eigenvalue weighted by atomic mass is 10.1. The molecule has 0 aliphatic heterocycles. The highest BCUT2D eigenvalue weighted by Gasteiger charge is 2.17. The number of halogens is 2. The van der Waals surface area contributed by atoms with Gasteiger partial charge in [-0.3, -0.25) is 4.79 Å². The summed E-state index contributed by atoms with van der Waals surface area (Å²) < 4.78 is 0. The Hall–Kier alpha value is -1.51. The molecule has 0 fully saturated rings. The normalized spacial score (nSPS) is 10.4. The summed E-state index contributed by atoms with van der Waals surface area (Å²) in [7, 11) is 0. The lowest BCUT2D eigenvalue weighted by molar-refractivity contribution is 0.0743. The van der Waals surface area contributed by atoms with Crippen LogP contribution in [0.25, 0.3) is 0 Å². The number of hydrogen-bond donors (Lipinski definition) is 0. The Kier molecular flexibility index (Phi) is 5.66. The Bertz CT molecular complexity index is 610. The molecule has 4 heteroatoms. The van der Waals surface area contributed by atoms with Crippen molar-refractivity contribution in [3.8, 4) is 0 Å². The van der Waals surface area contributed by atoms with Crippen molar-refractivity contribution in [3.05, 3.63) is 69.7 Å². The molecule has 0 spiro atoms. The van der Waals surface area contributed by atoms with Crippen molar-refractivity contribution in [1.29, 1.82) is 0 Å². The lowest BCUT2D eigenvalue weighted by Gasteiger charge is -2.23. The molecule has 0 saturated carbocycles. The van der Waals surface area contributed by atoms with Gasteiger partial charge in [0.15, 0.2) is 0 Å². The monoisotopic (exact) mass is 321 g/mol. The van der Waals surface area contributed by atoms with Crippen LogP contribution in [0.15, 0.2) is 48.5 Å². The molecule has 0 heterocycles. The Morgan fingerprint density at radius 3 is 2.33 bits per heavy atom. The van der Waals surface area contributed by atoms with E-state index in [1.165, 1.54) is 0 Å². The molecule has 0 aromatic heterocycles. The molecule has 0 aliphatic rings. The summed E-state index contributed by atoms with van der Waals surface area (Å²) in [4.78, 5) is 14.5. The molecule has 21 heavy (non-hydrogen) atoms. The summed E-state index contributed by atoms with van der Waals surface area (Å²) >= 11 is 12.0. The van der Waals surface area contributed by atoms with Gasteiger partial charge < -0.3 is 4.90 Å². The highest BCUT2D eigenvalue weighted by molar-refractivity contribution is 6.33. The maximum atomic E-state index is 12.6. The van der Waals surface area contributed by atoms with Gasteiger partial charge in [0.05, 0.1) is 10.6 Å². The van der Waals surface area contributed by atoms with Crippen molar-refractivity contribution in [2.75, 3.05) is 6.54 Å². The van der Waals surface area contributed by atoms with Gasteiger partial charge in [-0.2, -0.15) is 0 Å². The molecular formula is C17H17Cl2NO. The van der Waals surface area contributed by atoms with Crippen LogP contribution >= 0.6 is 23.2 Å². The maximum Gasteiger partial charge on any atom is 0.255 e. The van der Waals surface area contributed by atoms with Gasteiger partial charge in [0.2, 0.25) is 0 Å². The predicted octanol–water partition coefficient (Wildman–Crippen LogP) is 5.05. The molecular weight excluding hydrogens is 305 g/mol. The van der Waals surface area contributed by atoms with Gasteiger partial charge in [-0.25, -0.2) is 0 Å². The van der Waals surface area contributed by atoms with Crippen molar-refractivity contribution in [1.82, 2.24) is 4.90 Å². The third-order valence-corrected chi connectivity index (χ3v) is 3.75. The van der Waals surface area contributed by atoms with Crippen LogP contribution in [-0.4, -0.2) is 17.4 Å². The third-order valence-electron chi connectivity index (χ3n) is 3.17. The second-order valence-corrected chi connectivity index (χ2v) is 5.68. The third kappa shape index (κ3) is 4.23. The zero-order valence-corrected chi connectivity index (χ0v) is 13.4. The fraction of sp³-hybridized carbons (Fsp3) is 0.235. The highest BCUT2D eigenvalue weighted by atomic mass is 35.5. The van der Waals surface area contributed by atoms with Crippen molar-refractivity contribution in [3.63, 3.8) is 0 Å². The summed E-state index contributed by atoms with van der Waals surface area (Å²) in [5.74, 6) is -0.0441. The van der Waals surface area contributed by atoms with E-state index in [2.05, 4.69) is 6.92 Å². The molecule has 0 radical (unpaired) electrons. The number of amides is 1. The molecule has 0 saturated heterocycles. The molecule has 0 unspecified atom stereocenters. The Balaban J connectivity index is 2.20. The molecule has 1 amide bonds. The molecule has 2 aromatic rings. The van der Waals surface area contributed by atoms with E-state index in [1.54, 1.807) is 12.1 Å². The van der Waals surface area contributed by atoms with Crippen molar-refractivity contribution < 1.29 is 4.79 Å². The number of nitrogens with zero attached hydrogens (tertiary/aromatic N) is 1. The number of hydrogen-bond acceptors (Lipinski definition) is 1. The van der Waals surface area contributed by atoms with Crippen LogP contribution in [0.5, 0.6) is 0 Å². The van der Waals surface area contributed by atoms with Crippen LogP contribution < -0.4 is 0 Å². The van der Waals surface area contributed by atoms with Crippen LogP contribution in [0.1, 0.15) is 29.3 Å². The smallest absolute Gasteiger partial charge is 0.255 e. The van der Waals surface area contributed by atoms with Gasteiger partial charge in [-0.1, -0.05) is 54.4 Å². The van der Waals surface area contributed by atoms with Crippen LogP contribution in [0.2, 0.25) is 10.0 Å². The van der Waals surface area contributed by atoms with E-state index in [0.717, 1.165) is 12.0 Å². The summed E-state index contributed by atoms with van der Waals surface area (Å²) in [6, 6.07) is 14.7. The average Bonchev–Trinajstić information content (AvgIpc) is 2.49. The molecule has 0 N–H and O–H groups in total. The summed E-state index contributed by atoms with van der Waals surface area (Å²) in [6.07, 6.45) is 0.893. The van der Waals surface area contributed by atoms with Gasteiger partial charge in [0, 0.05) is 18.1 Å². The molecule has 2 nitrogen and oxygen atoms in total. The Morgan fingerprint density at radius 1 is 1.05 bits per heavy atom. The number of carbonyl (C=O) groups excluding carboxylic acids is 1. The van der Waals surface area contributed by atoms with E-state index in [1.807, 2.05) is 41.3 Å². The molecule has 2 rings (SSSR count). The van der Waals surface area contributed by atoms with Crippen LogP contribution in [0.3, 0.4) is 0 Å². The van der Waals surface area contributed by atoms with E-state index < -0.39 is 0 Å². The second kappa shape index (κ2) is 7.48. The van der Waals surface area contributed by atoms with Crippen molar-refractivity contribution in [2.45, 2.75) is 19.9 Å². The van der Waals surface area contributed by atoms with Gasteiger partial charge >= 0.3 is 0 Å². The highest BCUT2D eigenvalue weighted by Crippen LogP contribution is 2.19. The minimum atomic E-state index is -0.0441. The van der Waals surface area contributed by atoms with Crippen LogP contribution in [-0.2, 0) is 6.54 Å². The van der Waals surface area contributed by atoms with E-state index in [4.69, 9.17) is 23.2 Å². The first-order valence-corrected chi connectivity index (χ1v) is 7.65. The fourth-order valence-corrected chi connectivity index (χ4v) is 2.48. The summed E-state index contributed by atoms with van der Waals surface area (Å²) in [6.45, 7) is 3.29. The Labute approximate surface area is 135 Å². The number of rotatable bonds is 5.